The normalized spacial score (nSPS) is 10.8. The molecule has 0 fully saturated rings. The first-order valence-electron chi connectivity index (χ1n) is 13.4. The molecule has 0 spiro atoms. The van der Waals surface area contributed by atoms with Crippen molar-refractivity contribution in [3.63, 3.8) is 0 Å². The quantitative estimate of drug-likeness (QED) is 0.141. The van der Waals surface area contributed by atoms with Crippen LogP contribution in [-0.4, -0.2) is 14.7 Å². The van der Waals surface area contributed by atoms with Crippen LogP contribution in [0, 0.1) is 12.4 Å². The summed E-state index contributed by atoms with van der Waals surface area (Å²) in [7, 11) is 0. The molecular formula is C36H25N4OPt+. The van der Waals surface area contributed by atoms with Crippen LogP contribution in [0.15, 0.2) is 146 Å². The van der Waals surface area contributed by atoms with Gasteiger partial charge in [0.15, 0.2) is 5.82 Å². The molecule has 42 heavy (non-hydrogen) atoms. The Morgan fingerprint density at radius 2 is 1.36 bits per heavy atom. The van der Waals surface area contributed by atoms with E-state index >= 15 is 0 Å². The van der Waals surface area contributed by atoms with Crippen molar-refractivity contribution in [2.75, 3.05) is 4.90 Å². The van der Waals surface area contributed by atoms with E-state index in [0.717, 1.165) is 50.9 Å². The van der Waals surface area contributed by atoms with Gasteiger partial charge in [0.05, 0.1) is 22.5 Å². The van der Waals surface area contributed by atoms with E-state index in [4.69, 9.17) is 4.98 Å². The summed E-state index contributed by atoms with van der Waals surface area (Å²) in [4.78, 5) is 7.22. The van der Waals surface area contributed by atoms with Crippen LogP contribution in [0.1, 0.15) is 0 Å². The van der Waals surface area contributed by atoms with Crippen LogP contribution in [0.3, 0.4) is 0 Å². The molecule has 0 aliphatic rings. The first-order chi connectivity index (χ1) is 20.3. The third-order valence-corrected chi connectivity index (χ3v) is 6.99. The van der Waals surface area contributed by atoms with Crippen LogP contribution in [0.5, 0.6) is 5.75 Å². The number of phenolic OH excluding ortho intramolecular Hbond substituents is 1. The Kier molecular flexibility index (Phi) is 7.68. The maximum Gasteiger partial charge on any atom is 2.00 e. The summed E-state index contributed by atoms with van der Waals surface area (Å²) < 4.78 is 4.05. The number of aromatic hydroxyl groups is 1. The smallest absolute Gasteiger partial charge is 0.517 e. The van der Waals surface area contributed by atoms with Gasteiger partial charge in [-0.1, -0.05) is 90.5 Å². The molecule has 0 saturated heterocycles. The minimum Gasteiger partial charge on any atom is -0.517 e. The second-order valence-electron chi connectivity index (χ2n) is 9.59. The van der Waals surface area contributed by atoms with Crippen molar-refractivity contribution in [1.82, 2.24) is 9.55 Å². The van der Waals surface area contributed by atoms with Gasteiger partial charge in [-0.3, -0.25) is 9.13 Å². The molecule has 0 aliphatic carbocycles. The summed E-state index contributed by atoms with van der Waals surface area (Å²) in [6.45, 7) is 0. The second kappa shape index (κ2) is 11.9. The number of fused-ring (bicyclic) bond motifs is 1. The number of phenols is 1. The van der Waals surface area contributed by atoms with Crippen molar-refractivity contribution in [2.24, 2.45) is 0 Å². The minimum atomic E-state index is 0. The molecule has 2 aromatic heterocycles. The van der Waals surface area contributed by atoms with Crippen LogP contribution in [0.4, 0.5) is 17.2 Å². The molecule has 2 heterocycles. The van der Waals surface area contributed by atoms with Gasteiger partial charge >= 0.3 is 21.1 Å². The van der Waals surface area contributed by atoms with Crippen LogP contribution in [0.25, 0.3) is 33.7 Å². The van der Waals surface area contributed by atoms with E-state index in [1.165, 1.54) is 0 Å². The Morgan fingerprint density at radius 1 is 0.667 bits per heavy atom. The zero-order valence-electron chi connectivity index (χ0n) is 22.4. The number of para-hydroxylation sites is 5. The molecule has 7 rings (SSSR count). The van der Waals surface area contributed by atoms with Gasteiger partial charge in [-0.15, -0.1) is 29.8 Å². The fourth-order valence-electron chi connectivity index (χ4n) is 5.08. The summed E-state index contributed by atoms with van der Waals surface area (Å²) in [5.74, 6) is 1.69. The van der Waals surface area contributed by atoms with Gasteiger partial charge < -0.3 is 10.0 Å². The van der Waals surface area contributed by atoms with E-state index in [0.29, 0.717) is 0 Å². The Bertz CT molecular complexity index is 1970. The van der Waals surface area contributed by atoms with Crippen LogP contribution in [0.2, 0.25) is 0 Å². The van der Waals surface area contributed by atoms with Crippen molar-refractivity contribution in [1.29, 1.82) is 0 Å². The summed E-state index contributed by atoms with van der Waals surface area (Å²) in [5.41, 5.74) is 6.34. The molecule has 0 bridgehead atoms. The summed E-state index contributed by atoms with van der Waals surface area (Å²) in [6, 6.07) is 51.3. The third-order valence-electron chi connectivity index (χ3n) is 6.99. The topological polar surface area (TPSA) is 45.2 Å². The Morgan fingerprint density at radius 3 is 2.17 bits per heavy atom. The van der Waals surface area contributed by atoms with Crippen molar-refractivity contribution in [3.8, 4) is 28.4 Å². The molecule has 0 atom stereocenters. The molecule has 7 aromatic rings. The van der Waals surface area contributed by atoms with Crippen molar-refractivity contribution >= 4 is 28.2 Å². The van der Waals surface area contributed by atoms with E-state index in [1.807, 2.05) is 108 Å². The Balaban J connectivity index is 0.00000316. The fourth-order valence-corrected chi connectivity index (χ4v) is 5.08. The monoisotopic (exact) mass is 724 g/mol. The summed E-state index contributed by atoms with van der Waals surface area (Å²) in [5, 5.41) is 10.5. The molecule has 0 aliphatic heterocycles. The molecule has 0 radical (unpaired) electrons. The number of hydrogen-bond donors (Lipinski definition) is 1. The largest absolute Gasteiger partial charge is 2.00 e. The number of hydrogen-bond acceptors (Lipinski definition) is 3. The number of benzene rings is 5. The average molecular weight is 725 g/mol. The molecule has 6 heteroatoms. The summed E-state index contributed by atoms with van der Waals surface area (Å²) >= 11 is 0. The van der Waals surface area contributed by atoms with Crippen LogP contribution >= 0.6 is 0 Å². The zero-order valence-corrected chi connectivity index (χ0v) is 24.7. The average Bonchev–Trinajstić information content (AvgIpc) is 3.43. The van der Waals surface area contributed by atoms with Crippen molar-refractivity contribution in [3.05, 3.63) is 158 Å². The van der Waals surface area contributed by atoms with Gasteiger partial charge in [-0.05, 0) is 48.2 Å². The van der Waals surface area contributed by atoms with E-state index in [1.54, 1.807) is 6.07 Å². The zero-order chi connectivity index (χ0) is 27.6. The van der Waals surface area contributed by atoms with E-state index in [9.17, 15) is 5.11 Å². The number of rotatable bonds is 6. The maximum absolute atomic E-state index is 10.5. The number of imidazole rings is 1. The van der Waals surface area contributed by atoms with Gasteiger partial charge in [0.2, 0.25) is 0 Å². The first-order valence-corrected chi connectivity index (χ1v) is 13.4. The third kappa shape index (κ3) is 5.11. The number of anilines is 3. The molecule has 0 amide bonds. The van der Waals surface area contributed by atoms with Gasteiger partial charge in [0, 0.05) is 5.69 Å². The molecule has 1 N–H and O–H groups in total. The predicted octanol–water partition coefficient (Wildman–Crippen LogP) is 7.74. The van der Waals surface area contributed by atoms with Gasteiger partial charge in [-0.2, -0.15) is 0 Å². The first kappa shape index (κ1) is 27.2. The van der Waals surface area contributed by atoms with Crippen LogP contribution in [-0.2, 0) is 21.1 Å². The molecule has 0 unspecified atom stereocenters. The van der Waals surface area contributed by atoms with E-state index in [-0.39, 0.29) is 26.8 Å². The molecule has 5 aromatic carbocycles. The molecule has 5 nitrogen and oxygen atoms in total. The molecule has 0 saturated carbocycles. The predicted molar refractivity (Wildman–Crippen MR) is 162 cm³/mol. The molecular weight excluding hydrogens is 700 g/mol. The van der Waals surface area contributed by atoms with Gasteiger partial charge in [0.1, 0.15) is 5.82 Å². The summed E-state index contributed by atoms with van der Waals surface area (Å²) in [6.07, 6.45) is 3.52. The van der Waals surface area contributed by atoms with E-state index in [2.05, 4.69) is 58.3 Å². The number of nitrogens with zero attached hydrogens (tertiary/aromatic N) is 4. The Labute approximate surface area is 258 Å². The molecule has 204 valence electrons. The second-order valence-corrected chi connectivity index (χ2v) is 9.59. The van der Waals surface area contributed by atoms with Crippen molar-refractivity contribution < 1.29 is 30.7 Å². The number of pyridine rings is 1. The standard InChI is InChI=1S/C36H25N4O.Pt/c41-34-22-10-7-19-31(34)27-13-11-18-30(25-27)40(29-16-5-2-6-17-29)36-24-12-23-35(37-36)39-26-38(28-14-3-1-4-15-28)32-20-8-9-21-33(32)39;/h1-24,41H;/q-1;+2. The van der Waals surface area contributed by atoms with Crippen LogP contribution < -0.4 is 9.47 Å². The SMILES string of the molecule is Oc1ccccc1-c1[c-]c(N(c2ccccc2)c2cccc(-n3[c-][n+](-c4ccccc4)c4ccccc43)n2)ccc1.[Pt+2]. The van der Waals surface area contributed by atoms with Crippen molar-refractivity contribution in [2.45, 2.75) is 0 Å². The fraction of sp³-hybridized carbons (Fsp3) is 0. The minimum absolute atomic E-state index is 0. The van der Waals surface area contributed by atoms with Gasteiger partial charge in [0.25, 0.3) is 6.33 Å². The Hall–Kier alpha value is -4.99. The maximum atomic E-state index is 10.5. The van der Waals surface area contributed by atoms with Gasteiger partial charge in [-0.25, -0.2) is 4.98 Å². The van der Waals surface area contributed by atoms with E-state index < -0.39 is 0 Å². The number of aromatic nitrogens is 3.